The van der Waals surface area contributed by atoms with Crippen LogP contribution < -0.4 is 19.3 Å². The molecule has 0 saturated carbocycles. The van der Waals surface area contributed by atoms with Gasteiger partial charge in [-0.2, -0.15) is 4.98 Å². The van der Waals surface area contributed by atoms with E-state index in [-0.39, 0.29) is 18.0 Å². The van der Waals surface area contributed by atoms with Crippen LogP contribution in [-0.4, -0.2) is 43.4 Å². The van der Waals surface area contributed by atoms with Crippen LogP contribution in [0.4, 0.5) is 11.4 Å². The van der Waals surface area contributed by atoms with Crippen molar-refractivity contribution in [1.82, 2.24) is 10.1 Å². The molecule has 0 spiro atoms. The zero-order valence-corrected chi connectivity index (χ0v) is 20.1. The highest BCUT2D eigenvalue weighted by atomic mass is 16.5. The number of benzene rings is 3. The van der Waals surface area contributed by atoms with Crippen LogP contribution in [0.15, 0.2) is 83.4 Å². The van der Waals surface area contributed by atoms with Gasteiger partial charge < -0.3 is 18.9 Å². The fourth-order valence-corrected chi connectivity index (χ4v) is 5.03. The average Bonchev–Trinajstić information content (AvgIpc) is 3.52. The fraction of sp³-hybridized carbons (Fsp3) is 0.179. The Labute approximate surface area is 208 Å². The largest absolute Gasteiger partial charge is 0.493 e. The molecule has 1 aromatic heterocycles. The predicted molar refractivity (Wildman–Crippen MR) is 136 cm³/mol. The van der Waals surface area contributed by atoms with Crippen LogP contribution in [0.1, 0.15) is 11.6 Å². The number of fused-ring (bicyclic) bond motifs is 3. The summed E-state index contributed by atoms with van der Waals surface area (Å²) in [5.41, 5.74) is 4.61. The third-order valence-corrected chi connectivity index (χ3v) is 6.82. The maximum absolute atomic E-state index is 13.0. The smallest absolute Gasteiger partial charge is 0.258 e. The van der Waals surface area contributed by atoms with Gasteiger partial charge in [-0.25, -0.2) is 0 Å². The van der Waals surface area contributed by atoms with Crippen molar-refractivity contribution in [1.29, 1.82) is 0 Å². The monoisotopic (exact) mass is 480 g/mol. The van der Waals surface area contributed by atoms with Gasteiger partial charge in [0.25, 0.3) is 11.8 Å². The van der Waals surface area contributed by atoms with Gasteiger partial charge in [0, 0.05) is 41.2 Å². The number of hydrogen-bond donors (Lipinski definition) is 0. The molecule has 0 bridgehead atoms. The Morgan fingerprint density at radius 2 is 1.67 bits per heavy atom. The first-order valence-corrected chi connectivity index (χ1v) is 11.6. The number of methoxy groups -OCH3 is 2. The molecule has 180 valence electrons. The van der Waals surface area contributed by atoms with Crippen molar-refractivity contribution in [3.05, 3.63) is 84.4 Å². The number of hydrogen-bond acceptors (Lipinski definition) is 7. The Morgan fingerprint density at radius 1 is 0.917 bits per heavy atom. The van der Waals surface area contributed by atoms with Crippen molar-refractivity contribution in [3.63, 3.8) is 0 Å². The van der Waals surface area contributed by atoms with E-state index in [4.69, 9.17) is 14.0 Å². The molecule has 0 radical (unpaired) electrons. The Balaban J connectivity index is 1.30. The summed E-state index contributed by atoms with van der Waals surface area (Å²) in [6, 6.07) is 21.3. The van der Waals surface area contributed by atoms with E-state index in [0.29, 0.717) is 23.2 Å². The molecule has 4 aromatic rings. The Bertz CT molecular complexity index is 1480. The zero-order valence-electron chi connectivity index (χ0n) is 20.1. The molecule has 2 atom stereocenters. The van der Waals surface area contributed by atoms with Crippen molar-refractivity contribution >= 4 is 17.3 Å². The van der Waals surface area contributed by atoms with E-state index < -0.39 is 0 Å². The normalized spacial score (nSPS) is 18.2. The molecule has 0 fully saturated rings. The van der Waals surface area contributed by atoms with E-state index >= 15 is 0 Å². The number of para-hydroxylation sites is 1. The maximum atomic E-state index is 13.0. The summed E-state index contributed by atoms with van der Waals surface area (Å²) in [7, 11) is 5.23. The number of amides is 1. The summed E-state index contributed by atoms with van der Waals surface area (Å²) < 4.78 is 16.2. The number of rotatable bonds is 5. The van der Waals surface area contributed by atoms with E-state index in [1.165, 1.54) is 0 Å². The molecule has 2 aliphatic heterocycles. The summed E-state index contributed by atoms with van der Waals surface area (Å²) >= 11 is 0. The topological polar surface area (TPSA) is 80.9 Å². The lowest BCUT2D eigenvalue weighted by Gasteiger charge is -2.36. The fourth-order valence-electron chi connectivity index (χ4n) is 5.03. The van der Waals surface area contributed by atoms with Crippen LogP contribution in [0.3, 0.4) is 0 Å². The molecular formula is C28H24N4O4. The summed E-state index contributed by atoms with van der Waals surface area (Å²) in [5, 5.41) is 4.15. The Hall–Kier alpha value is -4.59. The quantitative estimate of drug-likeness (QED) is 0.403. The highest BCUT2D eigenvalue weighted by Crippen LogP contribution is 2.46. The minimum absolute atomic E-state index is 0.0376. The summed E-state index contributed by atoms with van der Waals surface area (Å²) in [6.07, 6.45) is 3.65. The first-order valence-electron chi connectivity index (χ1n) is 11.6. The zero-order chi connectivity index (χ0) is 24.8. The van der Waals surface area contributed by atoms with Crippen LogP contribution in [0, 0.1) is 0 Å². The summed E-state index contributed by atoms with van der Waals surface area (Å²) in [6.45, 7) is 0. The molecule has 8 heteroatoms. The van der Waals surface area contributed by atoms with Crippen molar-refractivity contribution in [2.45, 2.75) is 12.1 Å². The maximum Gasteiger partial charge on any atom is 0.258 e. The van der Waals surface area contributed by atoms with Gasteiger partial charge in [-0.1, -0.05) is 29.4 Å². The number of likely N-dealkylation sites (N-methyl/N-ethyl adjacent to an activating group) is 1. The van der Waals surface area contributed by atoms with E-state index in [1.54, 1.807) is 32.4 Å². The average molecular weight is 481 g/mol. The van der Waals surface area contributed by atoms with Gasteiger partial charge >= 0.3 is 0 Å². The lowest BCUT2D eigenvalue weighted by Crippen LogP contribution is -2.44. The molecule has 0 saturated heterocycles. The summed E-state index contributed by atoms with van der Waals surface area (Å²) in [4.78, 5) is 21.7. The standard InChI is InChI=1S/C28H24N4O4/c1-31-21-7-5-4-6-20(21)26-22(31)13-15-25(33)32(26)19-11-8-17(9-12-19)27-29-28(36-30-27)18-10-14-23(34-2)24(16-18)35-3/h4-16,22,26H,1-3H3. The Kier molecular flexibility index (Phi) is 5.21. The van der Waals surface area contributed by atoms with Gasteiger partial charge in [0.15, 0.2) is 11.5 Å². The molecule has 6 rings (SSSR count). The SMILES string of the molecule is COc1ccc(-c2nc(-c3ccc(N4C(=O)C=CC5C4c4ccccc4N5C)cc3)no2)cc1OC. The van der Waals surface area contributed by atoms with Crippen molar-refractivity contribution in [2.24, 2.45) is 0 Å². The highest BCUT2D eigenvalue weighted by Gasteiger charge is 2.43. The lowest BCUT2D eigenvalue weighted by molar-refractivity contribution is -0.115. The second-order valence-corrected chi connectivity index (χ2v) is 8.71. The number of carbonyl (C=O) groups is 1. The minimum Gasteiger partial charge on any atom is -0.493 e. The highest BCUT2D eigenvalue weighted by molar-refractivity contribution is 6.04. The number of aromatic nitrogens is 2. The van der Waals surface area contributed by atoms with E-state index in [9.17, 15) is 4.79 Å². The van der Waals surface area contributed by atoms with E-state index in [1.807, 2.05) is 53.4 Å². The van der Waals surface area contributed by atoms with Crippen molar-refractivity contribution in [3.8, 4) is 34.3 Å². The molecule has 0 N–H and O–H groups in total. The number of ether oxygens (including phenoxy) is 2. The van der Waals surface area contributed by atoms with Crippen molar-refractivity contribution < 1.29 is 18.8 Å². The van der Waals surface area contributed by atoms with E-state index in [0.717, 1.165) is 28.1 Å². The van der Waals surface area contributed by atoms with Gasteiger partial charge in [0.2, 0.25) is 5.82 Å². The van der Waals surface area contributed by atoms with Crippen molar-refractivity contribution in [2.75, 3.05) is 31.1 Å². The van der Waals surface area contributed by atoms with Gasteiger partial charge in [-0.3, -0.25) is 9.69 Å². The molecule has 8 nitrogen and oxygen atoms in total. The summed E-state index contributed by atoms with van der Waals surface area (Å²) in [5.74, 6) is 2.00. The third-order valence-electron chi connectivity index (χ3n) is 6.82. The van der Waals surface area contributed by atoms with Gasteiger partial charge in [-0.15, -0.1) is 0 Å². The van der Waals surface area contributed by atoms with Crippen LogP contribution in [0.25, 0.3) is 22.8 Å². The molecule has 1 amide bonds. The van der Waals surface area contributed by atoms with Gasteiger partial charge in [-0.05, 0) is 48.5 Å². The second kappa shape index (κ2) is 8.57. The van der Waals surface area contributed by atoms with Crippen LogP contribution >= 0.6 is 0 Å². The molecule has 2 aliphatic rings. The molecule has 36 heavy (non-hydrogen) atoms. The molecule has 3 heterocycles. The van der Waals surface area contributed by atoms with Gasteiger partial charge in [0.1, 0.15) is 0 Å². The minimum atomic E-state index is -0.0867. The predicted octanol–water partition coefficient (Wildman–Crippen LogP) is 4.88. The number of anilines is 2. The molecular weight excluding hydrogens is 456 g/mol. The first-order chi connectivity index (χ1) is 17.6. The number of nitrogens with zero attached hydrogens (tertiary/aromatic N) is 4. The van der Waals surface area contributed by atoms with Crippen LogP contribution in [0.2, 0.25) is 0 Å². The van der Waals surface area contributed by atoms with Gasteiger partial charge in [0.05, 0.1) is 26.3 Å². The second-order valence-electron chi connectivity index (χ2n) is 8.71. The number of carbonyl (C=O) groups excluding carboxylic acids is 1. The lowest BCUT2D eigenvalue weighted by atomic mass is 9.97. The molecule has 2 unspecified atom stereocenters. The molecule has 0 aliphatic carbocycles. The Morgan fingerprint density at radius 3 is 2.44 bits per heavy atom. The van der Waals surface area contributed by atoms with Crippen LogP contribution in [0.5, 0.6) is 11.5 Å². The molecule has 3 aromatic carbocycles. The van der Waals surface area contributed by atoms with Crippen LogP contribution in [-0.2, 0) is 4.79 Å². The van der Waals surface area contributed by atoms with E-state index in [2.05, 4.69) is 34.2 Å². The first kappa shape index (κ1) is 21.9. The third kappa shape index (κ3) is 3.41.